The van der Waals surface area contributed by atoms with E-state index < -0.39 is 5.97 Å². The maximum atomic E-state index is 10.9. The molecule has 1 atom stereocenters. The third-order valence-electron chi connectivity index (χ3n) is 6.25. The van der Waals surface area contributed by atoms with Gasteiger partial charge in [0.15, 0.2) is 0 Å². The van der Waals surface area contributed by atoms with Gasteiger partial charge in [0, 0.05) is 10.6 Å². The van der Waals surface area contributed by atoms with Crippen LogP contribution in [0.3, 0.4) is 0 Å². The molecule has 0 bridgehead atoms. The summed E-state index contributed by atoms with van der Waals surface area (Å²) < 4.78 is 0. The number of thioether (sulfide) groups is 1. The summed E-state index contributed by atoms with van der Waals surface area (Å²) in [6.07, 6.45) is 2.65. The molecule has 1 aliphatic rings. The van der Waals surface area contributed by atoms with Crippen LogP contribution in [0.15, 0.2) is 47.4 Å². The molecule has 0 radical (unpaired) electrons. The van der Waals surface area contributed by atoms with E-state index in [2.05, 4.69) is 70.2 Å². The predicted molar refractivity (Wildman–Crippen MR) is 118 cm³/mol. The van der Waals surface area contributed by atoms with Crippen LogP contribution in [-0.2, 0) is 21.4 Å². The topological polar surface area (TPSA) is 37.3 Å². The minimum atomic E-state index is -0.746. The van der Waals surface area contributed by atoms with Gasteiger partial charge in [0.25, 0.3) is 0 Å². The van der Waals surface area contributed by atoms with Gasteiger partial charge in [-0.15, -0.1) is 11.8 Å². The van der Waals surface area contributed by atoms with Crippen LogP contribution < -0.4 is 0 Å². The Morgan fingerprint density at radius 2 is 1.61 bits per heavy atom. The number of carboxylic acid groups (broad SMARTS) is 1. The van der Waals surface area contributed by atoms with E-state index in [1.54, 1.807) is 0 Å². The molecule has 28 heavy (non-hydrogen) atoms. The van der Waals surface area contributed by atoms with E-state index in [1.807, 2.05) is 18.7 Å². The molecule has 1 unspecified atom stereocenters. The number of carbonyl (C=O) groups is 1. The van der Waals surface area contributed by atoms with Crippen molar-refractivity contribution in [3.05, 3.63) is 64.7 Å². The van der Waals surface area contributed by atoms with Crippen molar-refractivity contribution in [3.8, 4) is 0 Å². The Morgan fingerprint density at radius 3 is 2.21 bits per heavy atom. The first kappa shape index (κ1) is 21.0. The number of hydrogen-bond donors (Lipinski definition) is 1. The van der Waals surface area contributed by atoms with Gasteiger partial charge in [-0.25, -0.2) is 0 Å². The molecule has 0 fully saturated rings. The van der Waals surface area contributed by atoms with Gasteiger partial charge in [-0.2, -0.15) is 0 Å². The van der Waals surface area contributed by atoms with Gasteiger partial charge in [0.2, 0.25) is 0 Å². The first-order valence-electron chi connectivity index (χ1n) is 10.2. The monoisotopic (exact) mass is 396 g/mol. The highest BCUT2D eigenvalue weighted by atomic mass is 32.2. The molecular formula is C25H32O2S. The fourth-order valence-electron chi connectivity index (χ4n) is 4.16. The van der Waals surface area contributed by atoms with E-state index in [4.69, 9.17) is 5.11 Å². The zero-order valence-electron chi connectivity index (χ0n) is 17.7. The molecule has 0 saturated heterocycles. The fraction of sp³-hybridized carbons (Fsp3) is 0.480. The SMILES string of the molecule is CC(CC(=O)O)c1ccc(SCc2ccc3c(c2)C(C)(C)CCC3(C)C)cc1. The number of carboxylic acids is 1. The number of fused-ring (bicyclic) bond motifs is 1. The Morgan fingerprint density at radius 1 is 1.00 bits per heavy atom. The highest BCUT2D eigenvalue weighted by Crippen LogP contribution is 2.46. The third-order valence-corrected chi connectivity index (χ3v) is 7.34. The maximum absolute atomic E-state index is 10.9. The van der Waals surface area contributed by atoms with Gasteiger partial charge >= 0.3 is 5.97 Å². The molecule has 0 amide bonds. The van der Waals surface area contributed by atoms with Crippen molar-refractivity contribution < 1.29 is 9.90 Å². The summed E-state index contributed by atoms with van der Waals surface area (Å²) in [6.45, 7) is 11.4. The van der Waals surface area contributed by atoms with Crippen LogP contribution in [0.1, 0.15) is 82.1 Å². The van der Waals surface area contributed by atoms with Gasteiger partial charge in [-0.1, -0.05) is 65.0 Å². The van der Waals surface area contributed by atoms with Crippen molar-refractivity contribution in [2.75, 3.05) is 0 Å². The lowest BCUT2D eigenvalue weighted by Gasteiger charge is -2.42. The largest absolute Gasteiger partial charge is 0.481 e. The predicted octanol–water partition coefficient (Wildman–Crippen LogP) is 6.91. The van der Waals surface area contributed by atoms with Crippen molar-refractivity contribution in [1.82, 2.24) is 0 Å². The molecule has 2 aromatic rings. The zero-order valence-corrected chi connectivity index (χ0v) is 18.5. The molecule has 1 N–H and O–H groups in total. The number of benzene rings is 2. The van der Waals surface area contributed by atoms with Gasteiger partial charge in [-0.3, -0.25) is 4.79 Å². The first-order valence-corrected chi connectivity index (χ1v) is 11.2. The Bertz CT molecular complexity index is 849. The summed E-state index contributed by atoms with van der Waals surface area (Å²) in [5.74, 6) is 0.251. The molecule has 0 aromatic heterocycles. The van der Waals surface area contributed by atoms with Gasteiger partial charge in [0.05, 0.1) is 6.42 Å². The van der Waals surface area contributed by atoms with E-state index in [1.165, 1.54) is 34.4 Å². The zero-order chi connectivity index (χ0) is 20.5. The number of rotatable bonds is 6. The molecule has 0 spiro atoms. The van der Waals surface area contributed by atoms with Gasteiger partial charge in [0.1, 0.15) is 0 Å². The van der Waals surface area contributed by atoms with E-state index in [9.17, 15) is 4.79 Å². The van der Waals surface area contributed by atoms with Crippen molar-refractivity contribution in [2.24, 2.45) is 0 Å². The lowest BCUT2D eigenvalue weighted by Crippen LogP contribution is -2.33. The Labute approximate surface area is 173 Å². The number of hydrogen-bond acceptors (Lipinski definition) is 2. The maximum Gasteiger partial charge on any atom is 0.303 e. The summed E-state index contributed by atoms with van der Waals surface area (Å²) in [5.41, 5.74) is 5.99. The van der Waals surface area contributed by atoms with Crippen molar-refractivity contribution in [1.29, 1.82) is 0 Å². The van der Waals surface area contributed by atoms with Crippen LogP contribution >= 0.6 is 11.8 Å². The van der Waals surface area contributed by atoms with Crippen LogP contribution in [0.5, 0.6) is 0 Å². The van der Waals surface area contributed by atoms with Crippen LogP contribution in [0, 0.1) is 0 Å². The van der Waals surface area contributed by atoms with Crippen LogP contribution in [0.2, 0.25) is 0 Å². The Balaban J connectivity index is 1.71. The van der Waals surface area contributed by atoms with Crippen molar-refractivity contribution >= 4 is 17.7 Å². The summed E-state index contributed by atoms with van der Waals surface area (Å²) in [4.78, 5) is 12.1. The van der Waals surface area contributed by atoms with Crippen LogP contribution in [0.4, 0.5) is 0 Å². The van der Waals surface area contributed by atoms with Crippen molar-refractivity contribution in [3.63, 3.8) is 0 Å². The molecular weight excluding hydrogens is 364 g/mol. The van der Waals surface area contributed by atoms with Crippen LogP contribution in [-0.4, -0.2) is 11.1 Å². The normalized spacial score (nSPS) is 18.3. The molecule has 0 saturated carbocycles. The quantitative estimate of drug-likeness (QED) is 0.539. The van der Waals surface area contributed by atoms with Crippen LogP contribution in [0.25, 0.3) is 0 Å². The van der Waals surface area contributed by atoms with Gasteiger partial charge < -0.3 is 5.11 Å². The Kier molecular flexibility index (Phi) is 5.95. The summed E-state index contributed by atoms with van der Waals surface area (Å²) in [6, 6.07) is 15.4. The summed E-state index contributed by atoms with van der Waals surface area (Å²) >= 11 is 1.84. The third kappa shape index (κ3) is 4.63. The number of aliphatic carboxylic acids is 1. The Hall–Kier alpha value is -1.74. The second-order valence-corrected chi connectivity index (χ2v) is 10.6. The average molecular weight is 397 g/mol. The summed E-state index contributed by atoms with van der Waals surface area (Å²) in [7, 11) is 0. The highest BCUT2D eigenvalue weighted by Gasteiger charge is 2.36. The lowest BCUT2D eigenvalue weighted by molar-refractivity contribution is -0.137. The molecule has 2 aromatic carbocycles. The molecule has 150 valence electrons. The summed E-state index contributed by atoms with van der Waals surface area (Å²) in [5, 5.41) is 8.96. The molecule has 3 rings (SSSR count). The second kappa shape index (κ2) is 7.94. The van der Waals surface area contributed by atoms with E-state index in [0.717, 1.165) is 11.3 Å². The molecule has 1 aliphatic carbocycles. The standard InChI is InChI=1S/C25H32O2S/c1-17(14-23(26)27)19-7-9-20(10-8-19)28-16-18-6-11-21-22(15-18)25(4,5)13-12-24(21,2)3/h6-11,15,17H,12-14,16H2,1-5H3,(H,26,27). The first-order chi connectivity index (χ1) is 13.1. The lowest BCUT2D eigenvalue weighted by atomic mass is 9.63. The van der Waals surface area contributed by atoms with Gasteiger partial charge in [-0.05, 0) is 64.0 Å². The molecule has 0 heterocycles. The fourth-order valence-corrected chi connectivity index (χ4v) is 5.01. The average Bonchev–Trinajstić information content (AvgIpc) is 2.64. The van der Waals surface area contributed by atoms with E-state index >= 15 is 0 Å². The highest BCUT2D eigenvalue weighted by molar-refractivity contribution is 7.98. The molecule has 3 heteroatoms. The minimum Gasteiger partial charge on any atom is -0.481 e. The molecule has 2 nitrogen and oxygen atoms in total. The molecule has 0 aliphatic heterocycles. The second-order valence-electron chi connectivity index (χ2n) is 9.50. The minimum absolute atomic E-state index is 0.0442. The van der Waals surface area contributed by atoms with E-state index in [0.29, 0.717) is 0 Å². The van der Waals surface area contributed by atoms with Crippen molar-refractivity contribution in [2.45, 2.75) is 81.3 Å². The van der Waals surface area contributed by atoms with E-state index in [-0.39, 0.29) is 23.2 Å². The smallest absolute Gasteiger partial charge is 0.303 e.